The van der Waals surface area contributed by atoms with Crippen LogP contribution in [0.3, 0.4) is 0 Å². The van der Waals surface area contributed by atoms with E-state index >= 15 is 0 Å². The van der Waals surface area contributed by atoms with Crippen molar-refractivity contribution in [1.29, 1.82) is 0 Å². The number of amides is 3. The number of carbonyl (C=O) groups is 2. The van der Waals surface area contributed by atoms with Gasteiger partial charge in [-0.3, -0.25) is 9.69 Å². The topological polar surface area (TPSA) is 73.9 Å². The largest absolute Gasteiger partial charge is 0.383 e. The van der Waals surface area contributed by atoms with Crippen molar-refractivity contribution in [2.45, 2.75) is 44.1 Å². The van der Waals surface area contributed by atoms with Crippen LogP contribution in [0, 0.1) is 17.8 Å². The molecule has 0 radical (unpaired) electrons. The number of rotatable bonds is 6. The minimum Gasteiger partial charge on any atom is -0.383 e. The average molecular weight is 441 g/mol. The Balaban J connectivity index is 1.13. The number of hydrogen-bond acceptors (Lipinski definition) is 4. The van der Waals surface area contributed by atoms with Crippen LogP contribution in [0.25, 0.3) is 0 Å². The molecule has 4 saturated carbocycles. The number of ether oxygens (including phenoxy) is 1. The maximum atomic E-state index is 12.9. The van der Waals surface area contributed by atoms with Gasteiger partial charge in [-0.25, -0.2) is 4.79 Å². The molecule has 4 bridgehead atoms. The molecule has 0 aromatic heterocycles. The maximum absolute atomic E-state index is 12.9. The first-order chi connectivity index (χ1) is 15.5. The highest BCUT2D eigenvalue weighted by molar-refractivity contribution is 5.95. The van der Waals surface area contributed by atoms with E-state index in [0.717, 1.165) is 82.0 Å². The number of anilines is 1. The van der Waals surface area contributed by atoms with Crippen LogP contribution in [0.2, 0.25) is 0 Å². The van der Waals surface area contributed by atoms with Gasteiger partial charge in [0.1, 0.15) is 0 Å². The molecular formula is C25H36N4O3. The normalized spacial score (nSPS) is 31.5. The molecule has 32 heavy (non-hydrogen) atoms. The highest BCUT2D eigenvalue weighted by atomic mass is 16.5. The minimum absolute atomic E-state index is 0.000138. The van der Waals surface area contributed by atoms with E-state index in [4.69, 9.17) is 4.74 Å². The summed E-state index contributed by atoms with van der Waals surface area (Å²) in [4.78, 5) is 29.8. The average Bonchev–Trinajstić information content (AvgIpc) is 2.77. The van der Waals surface area contributed by atoms with Crippen molar-refractivity contribution in [3.8, 4) is 0 Å². The van der Waals surface area contributed by atoms with Crippen LogP contribution in [0.15, 0.2) is 24.3 Å². The molecule has 0 atom stereocenters. The Morgan fingerprint density at radius 3 is 2.12 bits per heavy atom. The highest BCUT2D eigenvalue weighted by Gasteiger charge is 2.51. The molecule has 1 aromatic rings. The van der Waals surface area contributed by atoms with Gasteiger partial charge in [0.05, 0.1) is 6.61 Å². The van der Waals surface area contributed by atoms with Crippen molar-refractivity contribution in [3.63, 3.8) is 0 Å². The molecule has 4 aliphatic carbocycles. The van der Waals surface area contributed by atoms with Gasteiger partial charge in [0, 0.05) is 56.6 Å². The Kier molecular flexibility index (Phi) is 6.12. The first-order valence-corrected chi connectivity index (χ1v) is 12.2. The van der Waals surface area contributed by atoms with Crippen LogP contribution in [0.4, 0.5) is 10.5 Å². The molecule has 3 amide bonds. The fourth-order valence-electron chi connectivity index (χ4n) is 6.94. The predicted molar refractivity (Wildman–Crippen MR) is 124 cm³/mol. The molecule has 1 aromatic carbocycles. The van der Waals surface area contributed by atoms with E-state index in [1.807, 2.05) is 29.2 Å². The lowest BCUT2D eigenvalue weighted by atomic mass is 9.53. The zero-order valence-electron chi connectivity index (χ0n) is 19.1. The SMILES string of the molecule is COCCN1CCN(C(=O)c2ccc(NC(=O)NC34CC5CC(CC(C5)C3)C4)cc2)CC1. The van der Waals surface area contributed by atoms with Gasteiger partial charge in [-0.2, -0.15) is 0 Å². The summed E-state index contributed by atoms with van der Waals surface area (Å²) in [6.45, 7) is 4.84. The molecule has 5 fully saturated rings. The molecule has 1 saturated heterocycles. The predicted octanol–water partition coefficient (Wildman–Crippen LogP) is 3.18. The first-order valence-electron chi connectivity index (χ1n) is 12.2. The Morgan fingerprint density at radius 1 is 0.969 bits per heavy atom. The lowest BCUT2D eigenvalue weighted by molar-refractivity contribution is -0.0127. The molecule has 174 valence electrons. The van der Waals surface area contributed by atoms with Gasteiger partial charge >= 0.3 is 6.03 Å². The second-order valence-corrected chi connectivity index (χ2v) is 10.5. The second kappa shape index (κ2) is 9.02. The summed E-state index contributed by atoms with van der Waals surface area (Å²) in [5.74, 6) is 2.46. The molecule has 0 unspecified atom stereocenters. The molecule has 0 spiro atoms. The van der Waals surface area contributed by atoms with E-state index < -0.39 is 0 Å². The zero-order valence-corrected chi connectivity index (χ0v) is 19.1. The summed E-state index contributed by atoms with van der Waals surface area (Å²) in [6, 6.07) is 7.20. The zero-order chi connectivity index (χ0) is 22.1. The van der Waals surface area contributed by atoms with E-state index in [9.17, 15) is 9.59 Å². The number of piperazine rings is 1. The van der Waals surface area contributed by atoms with Crippen LogP contribution < -0.4 is 10.6 Å². The minimum atomic E-state index is -0.113. The molecule has 1 heterocycles. The van der Waals surface area contributed by atoms with E-state index in [1.165, 1.54) is 19.3 Å². The van der Waals surface area contributed by atoms with Crippen molar-refractivity contribution in [3.05, 3.63) is 29.8 Å². The molecule has 1 aliphatic heterocycles. The van der Waals surface area contributed by atoms with Gasteiger partial charge in [-0.05, 0) is 80.5 Å². The second-order valence-electron chi connectivity index (χ2n) is 10.5. The molecule has 7 nitrogen and oxygen atoms in total. The first kappa shape index (κ1) is 21.7. The van der Waals surface area contributed by atoms with Gasteiger partial charge in [-0.15, -0.1) is 0 Å². The number of nitrogens with one attached hydrogen (secondary N) is 2. The molecule has 5 aliphatic rings. The fourth-order valence-corrected chi connectivity index (χ4v) is 6.94. The Labute approximate surface area is 190 Å². The van der Waals surface area contributed by atoms with Gasteiger partial charge in [0.15, 0.2) is 0 Å². The number of hydrogen-bond donors (Lipinski definition) is 2. The quantitative estimate of drug-likeness (QED) is 0.713. The maximum Gasteiger partial charge on any atom is 0.319 e. The standard InChI is InChI=1S/C25H36N4O3/c1-32-11-10-28-6-8-29(9-7-28)23(30)21-2-4-22(5-3-21)26-24(31)27-25-15-18-12-19(16-25)14-20(13-18)17-25/h2-5,18-20H,6-17H2,1H3,(H2,26,27,31). The third kappa shape index (κ3) is 4.64. The van der Waals surface area contributed by atoms with Gasteiger partial charge < -0.3 is 20.3 Å². The number of benzene rings is 1. The van der Waals surface area contributed by atoms with Crippen LogP contribution in [0.1, 0.15) is 48.9 Å². The van der Waals surface area contributed by atoms with Crippen molar-refractivity contribution in [2.75, 3.05) is 51.8 Å². The molecule has 2 N–H and O–H groups in total. The van der Waals surface area contributed by atoms with Crippen molar-refractivity contribution >= 4 is 17.6 Å². The summed E-state index contributed by atoms with van der Waals surface area (Å²) >= 11 is 0. The van der Waals surface area contributed by atoms with Crippen LogP contribution in [0.5, 0.6) is 0 Å². The van der Waals surface area contributed by atoms with Crippen LogP contribution >= 0.6 is 0 Å². The van der Waals surface area contributed by atoms with Gasteiger partial charge in [0.25, 0.3) is 5.91 Å². The van der Waals surface area contributed by atoms with E-state index in [0.29, 0.717) is 5.56 Å². The highest BCUT2D eigenvalue weighted by Crippen LogP contribution is 2.55. The lowest BCUT2D eigenvalue weighted by Crippen LogP contribution is -2.60. The summed E-state index contributed by atoms with van der Waals surface area (Å²) < 4.78 is 5.14. The van der Waals surface area contributed by atoms with Crippen molar-refractivity contribution in [1.82, 2.24) is 15.1 Å². The Bertz CT molecular complexity index is 797. The summed E-state index contributed by atoms with van der Waals surface area (Å²) in [6.07, 6.45) is 7.50. The summed E-state index contributed by atoms with van der Waals surface area (Å²) in [5, 5.41) is 6.34. The summed E-state index contributed by atoms with van der Waals surface area (Å²) in [5.41, 5.74) is 1.40. The van der Waals surface area contributed by atoms with Crippen molar-refractivity contribution < 1.29 is 14.3 Å². The Hall–Kier alpha value is -2.12. The van der Waals surface area contributed by atoms with Crippen LogP contribution in [-0.2, 0) is 4.74 Å². The third-order valence-corrected chi connectivity index (χ3v) is 8.08. The van der Waals surface area contributed by atoms with Crippen LogP contribution in [-0.4, -0.2) is 73.7 Å². The number of nitrogens with zero attached hydrogens (tertiary/aromatic N) is 2. The molecular weight excluding hydrogens is 404 g/mol. The lowest BCUT2D eigenvalue weighted by Gasteiger charge is -2.56. The van der Waals surface area contributed by atoms with E-state index in [-0.39, 0.29) is 17.5 Å². The van der Waals surface area contributed by atoms with E-state index in [2.05, 4.69) is 15.5 Å². The monoisotopic (exact) mass is 440 g/mol. The van der Waals surface area contributed by atoms with Crippen molar-refractivity contribution in [2.24, 2.45) is 17.8 Å². The molecule has 7 heteroatoms. The fraction of sp³-hybridized carbons (Fsp3) is 0.680. The Morgan fingerprint density at radius 2 is 1.56 bits per heavy atom. The van der Waals surface area contributed by atoms with E-state index in [1.54, 1.807) is 7.11 Å². The number of methoxy groups -OCH3 is 1. The third-order valence-electron chi connectivity index (χ3n) is 8.08. The molecule has 6 rings (SSSR count). The smallest absolute Gasteiger partial charge is 0.319 e. The van der Waals surface area contributed by atoms with Gasteiger partial charge in [-0.1, -0.05) is 0 Å². The number of urea groups is 1. The number of carbonyl (C=O) groups excluding carboxylic acids is 2. The summed E-state index contributed by atoms with van der Waals surface area (Å²) in [7, 11) is 1.71. The van der Waals surface area contributed by atoms with Gasteiger partial charge in [0.2, 0.25) is 0 Å².